The Morgan fingerprint density at radius 1 is 1.50 bits per heavy atom. The van der Waals surface area contributed by atoms with Crippen LogP contribution in [0.1, 0.15) is 32.9 Å². The quantitative estimate of drug-likeness (QED) is 0.915. The van der Waals surface area contributed by atoms with Crippen molar-refractivity contribution in [1.82, 2.24) is 15.2 Å². The standard InChI is InChI=1S/C16H25N3O/c1-12(2)16(20)19-9-7-15(13(3)11-19)18-10-14-6-4-5-8-17-14/h4-6,8,12-13,15,18H,7,9-11H2,1-3H3/t13-,15-/m0/s1. The molecule has 0 unspecified atom stereocenters. The van der Waals surface area contributed by atoms with E-state index in [4.69, 9.17) is 0 Å². The van der Waals surface area contributed by atoms with Crippen molar-refractivity contribution >= 4 is 5.91 Å². The number of likely N-dealkylation sites (tertiary alicyclic amines) is 1. The van der Waals surface area contributed by atoms with E-state index in [1.54, 1.807) is 0 Å². The van der Waals surface area contributed by atoms with Gasteiger partial charge in [0.2, 0.25) is 5.91 Å². The third kappa shape index (κ3) is 3.79. The van der Waals surface area contributed by atoms with Gasteiger partial charge in [-0.25, -0.2) is 0 Å². The van der Waals surface area contributed by atoms with Gasteiger partial charge < -0.3 is 10.2 Å². The average Bonchev–Trinajstić information content (AvgIpc) is 2.46. The zero-order chi connectivity index (χ0) is 14.5. The van der Waals surface area contributed by atoms with Gasteiger partial charge in [-0.1, -0.05) is 26.8 Å². The van der Waals surface area contributed by atoms with Crippen molar-refractivity contribution in [2.24, 2.45) is 11.8 Å². The van der Waals surface area contributed by atoms with Crippen molar-refractivity contribution < 1.29 is 4.79 Å². The van der Waals surface area contributed by atoms with E-state index in [0.717, 1.165) is 31.7 Å². The van der Waals surface area contributed by atoms with E-state index in [0.29, 0.717) is 12.0 Å². The van der Waals surface area contributed by atoms with E-state index in [-0.39, 0.29) is 11.8 Å². The maximum atomic E-state index is 12.0. The van der Waals surface area contributed by atoms with Crippen LogP contribution in [0, 0.1) is 11.8 Å². The van der Waals surface area contributed by atoms with Crippen LogP contribution in [0.2, 0.25) is 0 Å². The van der Waals surface area contributed by atoms with Gasteiger partial charge in [-0.3, -0.25) is 9.78 Å². The van der Waals surface area contributed by atoms with Crippen LogP contribution < -0.4 is 5.32 Å². The Morgan fingerprint density at radius 3 is 2.90 bits per heavy atom. The van der Waals surface area contributed by atoms with Crippen LogP contribution in [0.15, 0.2) is 24.4 Å². The number of pyridine rings is 1. The summed E-state index contributed by atoms with van der Waals surface area (Å²) >= 11 is 0. The fourth-order valence-corrected chi connectivity index (χ4v) is 2.75. The minimum absolute atomic E-state index is 0.0974. The predicted octanol–water partition coefficient (Wildman–Crippen LogP) is 2.06. The highest BCUT2D eigenvalue weighted by Gasteiger charge is 2.29. The molecule has 2 atom stereocenters. The third-order valence-electron chi connectivity index (χ3n) is 3.98. The first-order valence-electron chi connectivity index (χ1n) is 7.50. The maximum absolute atomic E-state index is 12.0. The molecule has 1 saturated heterocycles. The first kappa shape index (κ1) is 15.0. The number of hydrogen-bond acceptors (Lipinski definition) is 3. The van der Waals surface area contributed by atoms with E-state index < -0.39 is 0 Å². The van der Waals surface area contributed by atoms with Crippen LogP contribution in [-0.2, 0) is 11.3 Å². The van der Waals surface area contributed by atoms with Gasteiger partial charge in [-0.05, 0) is 24.5 Å². The van der Waals surface area contributed by atoms with Crippen LogP contribution in [-0.4, -0.2) is 34.9 Å². The molecule has 1 aromatic rings. The van der Waals surface area contributed by atoms with E-state index in [2.05, 4.69) is 17.2 Å². The molecule has 0 radical (unpaired) electrons. The molecule has 110 valence electrons. The second kappa shape index (κ2) is 6.84. The SMILES string of the molecule is CC(C)C(=O)N1CC[C@H](NCc2ccccn2)[C@@H](C)C1. The topological polar surface area (TPSA) is 45.2 Å². The molecular weight excluding hydrogens is 250 g/mol. The van der Waals surface area contributed by atoms with Crippen LogP contribution in [0.25, 0.3) is 0 Å². The molecule has 1 fully saturated rings. The summed E-state index contributed by atoms with van der Waals surface area (Å²) in [6, 6.07) is 6.45. The van der Waals surface area contributed by atoms with Crippen LogP contribution in [0.5, 0.6) is 0 Å². The zero-order valence-corrected chi connectivity index (χ0v) is 12.7. The summed E-state index contributed by atoms with van der Waals surface area (Å²) in [5, 5.41) is 3.58. The maximum Gasteiger partial charge on any atom is 0.225 e. The summed E-state index contributed by atoms with van der Waals surface area (Å²) in [5.74, 6) is 0.857. The first-order valence-corrected chi connectivity index (χ1v) is 7.50. The van der Waals surface area contributed by atoms with Crippen molar-refractivity contribution in [1.29, 1.82) is 0 Å². The number of carbonyl (C=O) groups excluding carboxylic acids is 1. The summed E-state index contributed by atoms with van der Waals surface area (Å²) in [4.78, 5) is 18.4. The van der Waals surface area contributed by atoms with Crippen molar-refractivity contribution in [3.8, 4) is 0 Å². The molecule has 1 aliphatic heterocycles. The average molecular weight is 275 g/mol. The Kier molecular flexibility index (Phi) is 5.12. The number of aromatic nitrogens is 1. The predicted molar refractivity (Wildman–Crippen MR) is 80.1 cm³/mol. The second-order valence-electron chi connectivity index (χ2n) is 6.01. The molecule has 2 rings (SSSR count). The van der Waals surface area contributed by atoms with E-state index in [1.165, 1.54) is 0 Å². The summed E-state index contributed by atoms with van der Waals surface area (Å²) in [6.07, 6.45) is 2.84. The number of nitrogens with zero attached hydrogens (tertiary/aromatic N) is 2. The highest BCUT2D eigenvalue weighted by atomic mass is 16.2. The minimum Gasteiger partial charge on any atom is -0.342 e. The number of carbonyl (C=O) groups is 1. The van der Waals surface area contributed by atoms with E-state index in [9.17, 15) is 4.79 Å². The van der Waals surface area contributed by atoms with Gasteiger partial charge in [-0.15, -0.1) is 0 Å². The van der Waals surface area contributed by atoms with Gasteiger partial charge in [0, 0.05) is 37.8 Å². The van der Waals surface area contributed by atoms with Gasteiger partial charge in [-0.2, -0.15) is 0 Å². The molecule has 20 heavy (non-hydrogen) atoms. The molecule has 2 heterocycles. The molecule has 1 aromatic heterocycles. The normalized spacial score (nSPS) is 23.1. The molecule has 1 N–H and O–H groups in total. The smallest absolute Gasteiger partial charge is 0.225 e. The Balaban J connectivity index is 1.83. The lowest BCUT2D eigenvalue weighted by molar-refractivity contribution is -0.136. The fourth-order valence-electron chi connectivity index (χ4n) is 2.75. The summed E-state index contributed by atoms with van der Waals surface area (Å²) in [7, 11) is 0. The molecule has 1 amide bonds. The molecule has 0 aromatic carbocycles. The molecule has 0 aliphatic carbocycles. The van der Waals surface area contributed by atoms with E-state index >= 15 is 0 Å². The van der Waals surface area contributed by atoms with Gasteiger partial charge in [0.1, 0.15) is 0 Å². The molecule has 1 aliphatic rings. The number of rotatable bonds is 4. The largest absolute Gasteiger partial charge is 0.342 e. The first-order chi connectivity index (χ1) is 9.58. The number of amides is 1. The van der Waals surface area contributed by atoms with Gasteiger partial charge in [0.15, 0.2) is 0 Å². The van der Waals surface area contributed by atoms with Gasteiger partial charge in [0.25, 0.3) is 0 Å². The zero-order valence-electron chi connectivity index (χ0n) is 12.7. The van der Waals surface area contributed by atoms with Gasteiger partial charge in [0.05, 0.1) is 5.69 Å². The molecule has 0 spiro atoms. The monoisotopic (exact) mass is 275 g/mol. The number of piperidine rings is 1. The number of nitrogens with one attached hydrogen (secondary N) is 1. The van der Waals surface area contributed by atoms with Gasteiger partial charge >= 0.3 is 0 Å². The van der Waals surface area contributed by atoms with Crippen molar-refractivity contribution in [3.63, 3.8) is 0 Å². The molecule has 0 saturated carbocycles. The highest BCUT2D eigenvalue weighted by molar-refractivity contribution is 5.78. The Morgan fingerprint density at radius 2 is 2.30 bits per heavy atom. The Hall–Kier alpha value is -1.42. The lowest BCUT2D eigenvalue weighted by atomic mass is 9.93. The molecule has 0 bridgehead atoms. The van der Waals surface area contributed by atoms with Crippen molar-refractivity contribution in [2.45, 2.75) is 39.8 Å². The Labute approximate surface area is 121 Å². The van der Waals surface area contributed by atoms with Crippen molar-refractivity contribution in [3.05, 3.63) is 30.1 Å². The highest BCUT2D eigenvalue weighted by Crippen LogP contribution is 2.19. The second-order valence-corrected chi connectivity index (χ2v) is 6.01. The fraction of sp³-hybridized carbons (Fsp3) is 0.625. The van der Waals surface area contributed by atoms with Crippen LogP contribution in [0.3, 0.4) is 0 Å². The minimum atomic E-state index is 0.0974. The van der Waals surface area contributed by atoms with Crippen molar-refractivity contribution in [2.75, 3.05) is 13.1 Å². The summed E-state index contributed by atoms with van der Waals surface area (Å²) in [6.45, 7) is 8.68. The summed E-state index contributed by atoms with van der Waals surface area (Å²) in [5.41, 5.74) is 1.07. The number of hydrogen-bond donors (Lipinski definition) is 1. The molecule has 4 nitrogen and oxygen atoms in total. The van der Waals surface area contributed by atoms with E-state index in [1.807, 2.05) is 43.1 Å². The Bertz CT molecular complexity index is 433. The lowest BCUT2D eigenvalue weighted by Gasteiger charge is -2.38. The summed E-state index contributed by atoms with van der Waals surface area (Å²) < 4.78 is 0. The molecule has 4 heteroatoms. The van der Waals surface area contributed by atoms with Crippen LogP contribution in [0.4, 0.5) is 0 Å². The van der Waals surface area contributed by atoms with Crippen LogP contribution >= 0.6 is 0 Å². The third-order valence-corrected chi connectivity index (χ3v) is 3.98. The lowest BCUT2D eigenvalue weighted by Crippen LogP contribution is -2.50. The molecular formula is C16H25N3O.